The molecule has 60 heavy (non-hydrogen) atoms. The largest absolute Gasteiger partial charge is 0.508 e. The number of fused-ring (bicyclic) bond motifs is 8. The van der Waals surface area contributed by atoms with Crippen molar-refractivity contribution in [2.75, 3.05) is 51.9 Å². The Kier molecular flexibility index (Phi) is 11.3. The zero-order valence-electron chi connectivity index (χ0n) is 35.6. The monoisotopic (exact) mass is 845 g/mol. The topological polar surface area (TPSA) is 160 Å². The summed E-state index contributed by atoms with van der Waals surface area (Å²) in [6, 6.07) is 5.12. The fourth-order valence-electron chi connectivity index (χ4n) is 15.1. The number of carbonyl (C=O) groups excluding carboxylic acids is 3. The van der Waals surface area contributed by atoms with Crippen molar-refractivity contribution in [3.63, 3.8) is 0 Å². The van der Waals surface area contributed by atoms with E-state index in [1.807, 2.05) is 11.8 Å². The van der Waals surface area contributed by atoms with Gasteiger partial charge in [0.2, 0.25) is 5.91 Å². The molecule has 1 aromatic carbocycles. The smallest absolute Gasteiger partial charge is 0.315 e. The Bertz CT molecular complexity index is 1860. The Hall–Kier alpha value is -3.03. The van der Waals surface area contributed by atoms with Crippen LogP contribution in [0.1, 0.15) is 126 Å². The predicted molar refractivity (Wildman–Crippen MR) is 230 cm³/mol. The molecule has 3 bridgehead atoms. The van der Waals surface area contributed by atoms with Gasteiger partial charge in [0, 0.05) is 46.9 Å². The molecule has 10 rings (SSSR count). The van der Waals surface area contributed by atoms with Crippen molar-refractivity contribution in [1.82, 2.24) is 21.3 Å². The highest BCUT2D eigenvalue weighted by Gasteiger charge is 2.71. The van der Waals surface area contributed by atoms with Gasteiger partial charge < -0.3 is 40.7 Å². The standard InChI is InChI=1S/C47H67N5O7S/c1-45-11-10-32-33(7-6-29-19-38(53)36(21-34(29)32)46-22-28-18-30-20-31(24-46)47(30,23-28)27-46)35(45)8-9-40(45)52-59-25-42(55)49-13-15-58-17-16-57-14-12-48-41(54)5-3-2-4-39-43-37(26-60-39)50-44(56)51-43/h19,21,28,30-33,35,37,39,43,53H,2-18,20,22-27H2,1H3,(H,48,54)(H,49,55)(H2,50,51,56)/b52-40+/t28?,30?,31?,32?,33?,35?,37?,39?,43?,45-,46?,47?/m0/s1. The van der Waals surface area contributed by atoms with Crippen molar-refractivity contribution in [3.05, 3.63) is 28.8 Å². The number of thioether (sulfide) groups is 1. The van der Waals surface area contributed by atoms with E-state index in [0.29, 0.717) is 80.1 Å². The summed E-state index contributed by atoms with van der Waals surface area (Å²) in [7, 11) is 0. The minimum atomic E-state index is -0.206. The third-order valence-electron chi connectivity index (χ3n) is 17.6. The number of phenolic OH excluding ortho intramolecular Hbond substituents is 1. The van der Waals surface area contributed by atoms with E-state index in [0.717, 1.165) is 80.6 Å². The molecule has 13 heteroatoms. The molecular formula is C47H67N5O7S. The second kappa shape index (κ2) is 16.6. The number of oxime groups is 1. The molecule has 0 radical (unpaired) electrons. The number of nitrogens with one attached hydrogen (secondary N) is 4. The van der Waals surface area contributed by atoms with E-state index in [1.165, 1.54) is 56.1 Å². The molecule has 5 N–H and O–H groups in total. The van der Waals surface area contributed by atoms with Gasteiger partial charge in [-0.3, -0.25) is 9.59 Å². The van der Waals surface area contributed by atoms with Crippen molar-refractivity contribution in [1.29, 1.82) is 0 Å². The number of hydrogen-bond acceptors (Lipinski definition) is 9. The van der Waals surface area contributed by atoms with Crippen LogP contribution < -0.4 is 21.3 Å². The second-order valence-corrected chi connectivity index (χ2v) is 21.9. The highest BCUT2D eigenvalue weighted by Crippen LogP contribution is 2.79. The lowest BCUT2D eigenvalue weighted by Crippen LogP contribution is -2.43. The van der Waals surface area contributed by atoms with E-state index in [1.54, 1.807) is 5.56 Å². The van der Waals surface area contributed by atoms with Crippen LogP contribution in [0.5, 0.6) is 5.75 Å². The lowest BCUT2D eigenvalue weighted by Gasteiger charge is -2.50. The first kappa shape index (κ1) is 41.0. The molecule has 2 aliphatic heterocycles. The van der Waals surface area contributed by atoms with Crippen LogP contribution in [0.4, 0.5) is 4.79 Å². The third-order valence-corrected chi connectivity index (χ3v) is 19.1. The molecule has 6 saturated carbocycles. The van der Waals surface area contributed by atoms with Crippen LogP contribution in [-0.2, 0) is 35.7 Å². The maximum Gasteiger partial charge on any atom is 0.315 e. The molecule has 11 unspecified atom stereocenters. The Balaban J connectivity index is 0.598. The molecule has 8 fully saturated rings. The SMILES string of the molecule is C[C@]12CCC3c4cc(C56CC7CC8CC(C5)C8(C7)C6)c(O)cc4CCC3C1CC/C2=N\OCC(=O)NCCOCCOCCNC(=O)CCCCC1SCC2NC(=O)NC21. The molecule has 328 valence electrons. The molecule has 1 aromatic rings. The second-order valence-electron chi connectivity index (χ2n) is 20.6. The van der Waals surface area contributed by atoms with Gasteiger partial charge in [-0.1, -0.05) is 24.6 Å². The maximum atomic E-state index is 12.6. The quantitative estimate of drug-likeness (QED) is 0.0676. The van der Waals surface area contributed by atoms with E-state index in [2.05, 4.69) is 45.5 Å². The minimum absolute atomic E-state index is 0.00515. The first-order chi connectivity index (χ1) is 29.1. The molecule has 1 spiro atoms. The third kappa shape index (κ3) is 7.41. The van der Waals surface area contributed by atoms with Crippen LogP contribution in [0.15, 0.2) is 17.3 Å². The average molecular weight is 846 g/mol. The van der Waals surface area contributed by atoms with E-state index in [4.69, 9.17) is 14.3 Å². The van der Waals surface area contributed by atoms with Gasteiger partial charge in [0.25, 0.3) is 5.91 Å². The fraction of sp³-hybridized carbons (Fsp3) is 0.787. The van der Waals surface area contributed by atoms with Gasteiger partial charge in [-0.2, -0.15) is 11.8 Å². The van der Waals surface area contributed by atoms with Crippen molar-refractivity contribution < 1.29 is 33.8 Å². The van der Waals surface area contributed by atoms with Crippen molar-refractivity contribution in [3.8, 4) is 5.75 Å². The molecule has 2 saturated heterocycles. The summed E-state index contributed by atoms with van der Waals surface area (Å²) in [6.45, 7) is 4.75. The number of benzene rings is 1. The van der Waals surface area contributed by atoms with Crippen LogP contribution >= 0.6 is 11.8 Å². The van der Waals surface area contributed by atoms with Gasteiger partial charge in [0.15, 0.2) is 6.61 Å². The number of nitrogens with zero attached hydrogens (tertiary/aromatic N) is 1. The van der Waals surface area contributed by atoms with Crippen molar-refractivity contribution in [2.24, 2.45) is 45.6 Å². The zero-order valence-corrected chi connectivity index (χ0v) is 36.4. The van der Waals surface area contributed by atoms with E-state index < -0.39 is 0 Å². The highest BCUT2D eigenvalue weighted by atomic mass is 32.2. The summed E-state index contributed by atoms with van der Waals surface area (Å²) in [5, 5.41) is 28.4. The lowest BCUT2D eigenvalue weighted by molar-refractivity contribution is -0.126. The normalized spacial score (nSPS) is 39.2. The number of hydrogen-bond donors (Lipinski definition) is 5. The number of amides is 4. The van der Waals surface area contributed by atoms with Gasteiger partial charge in [0.05, 0.1) is 44.2 Å². The number of aromatic hydroxyl groups is 1. The summed E-state index contributed by atoms with van der Waals surface area (Å²) in [6.07, 6.45) is 18.1. The molecule has 7 aliphatic carbocycles. The van der Waals surface area contributed by atoms with Crippen LogP contribution in [-0.4, -0.2) is 97.9 Å². The van der Waals surface area contributed by atoms with Gasteiger partial charge in [-0.25, -0.2) is 4.79 Å². The lowest BCUT2D eigenvalue weighted by atomic mass is 9.54. The predicted octanol–water partition coefficient (Wildman–Crippen LogP) is 6.08. The molecule has 2 heterocycles. The van der Waals surface area contributed by atoms with Gasteiger partial charge in [0.1, 0.15) is 5.75 Å². The van der Waals surface area contributed by atoms with E-state index >= 15 is 0 Å². The van der Waals surface area contributed by atoms with Crippen LogP contribution in [0.25, 0.3) is 0 Å². The minimum Gasteiger partial charge on any atom is -0.508 e. The summed E-state index contributed by atoms with van der Waals surface area (Å²) < 4.78 is 11.2. The number of rotatable bonds is 18. The Morgan fingerprint density at radius 2 is 1.78 bits per heavy atom. The fourth-order valence-corrected chi connectivity index (χ4v) is 16.6. The zero-order chi connectivity index (χ0) is 41.1. The molecular weight excluding hydrogens is 779 g/mol. The Labute approximate surface area is 359 Å². The molecule has 12 nitrogen and oxygen atoms in total. The van der Waals surface area contributed by atoms with E-state index in [9.17, 15) is 19.5 Å². The van der Waals surface area contributed by atoms with E-state index in [-0.39, 0.29) is 47.4 Å². The molecule has 12 atom stereocenters. The maximum absolute atomic E-state index is 12.6. The summed E-state index contributed by atoms with van der Waals surface area (Å²) in [5.41, 5.74) is 6.18. The number of aryl methyl sites for hydroxylation is 1. The van der Waals surface area contributed by atoms with Crippen LogP contribution in [0.2, 0.25) is 0 Å². The number of urea groups is 1. The Morgan fingerprint density at radius 1 is 0.950 bits per heavy atom. The summed E-state index contributed by atoms with van der Waals surface area (Å²) in [4.78, 5) is 42.0. The first-order valence-electron chi connectivity index (χ1n) is 23.6. The molecule has 9 aliphatic rings. The molecule has 4 amide bonds. The number of carbonyl (C=O) groups is 3. The molecule has 0 aromatic heterocycles. The summed E-state index contributed by atoms with van der Waals surface area (Å²) >= 11 is 1.90. The van der Waals surface area contributed by atoms with Gasteiger partial charge in [-0.15, -0.1) is 0 Å². The van der Waals surface area contributed by atoms with Crippen molar-refractivity contribution >= 4 is 35.3 Å². The van der Waals surface area contributed by atoms with Crippen LogP contribution in [0, 0.1) is 40.4 Å². The number of unbranched alkanes of at least 4 members (excludes halogenated alkanes) is 1. The summed E-state index contributed by atoms with van der Waals surface area (Å²) in [5.74, 6) is 5.84. The van der Waals surface area contributed by atoms with Gasteiger partial charge >= 0.3 is 6.03 Å². The first-order valence-corrected chi connectivity index (χ1v) is 24.6. The number of phenols is 1. The Morgan fingerprint density at radius 3 is 2.63 bits per heavy atom. The average Bonchev–Trinajstić information content (AvgIpc) is 3.97. The van der Waals surface area contributed by atoms with Crippen molar-refractivity contribution in [2.45, 2.75) is 138 Å². The van der Waals surface area contributed by atoms with Crippen LogP contribution in [0.3, 0.4) is 0 Å². The highest BCUT2D eigenvalue weighted by molar-refractivity contribution is 8.00. The van der Waals surface area contributed by atoms with Gasteiger partial charge in [-0.05, 0) is 148 Å². The number of ether oxygens (including phenoxy) is 2.